The monoisotopic (exact) mass is 271 g/mol. The maximum atomic E-state index is 2.27. The molecule has 1 unspecified atom stereocenters. The van der Waals surface area contributed by atoms with Crippen LogP contribution in [0.5, 0.6) is 0 Å². The smallest absolute Gasteiger partial charge is 0.0922 e. The number of hydrogen-bond donors (Lipinski definition) is 0. The van der Waals surface area contributed by atoms with Gasteiger partial charge in [0.2, 0.25) is 0 Å². The van der Waals surface area contributed by atoms with Crippen LogP contribution >= 0.6 is 0 Å². The molecule has 2 heteroatoms. The molecule has 0 radical (unpaired) electrons. The van der Waals surface area contributed by atoms with Crippen LogP contribution in [0.15, 0.2) is 30.3 Å². The summed E-state index contributed by atoms with van der Waals surface area (Å²) in [6, 6.07) is 11.5. The van der Waals surface area contributed by atoms with E-state index in [0.29, 0.717) is 0 Å². The van der Waals surface area contributed by atoms with Crippen LogP contribution in [-0.2, 0) is 6.42 Å². The lowest BCUT2D eigenvalue weighted by Crippen LogP contribution is -3.00. The molecule has 0 saturated heterocycles. The van der Waals surface area contributed by atoms with Crippen LogP contribution in [0.3, 0.4) is 0 Å². The molecule has 0 aliphatic heterocycles. The number of rotatable bonds is 4. The summed E-state index contributed by atoms with van der Waals surface area (Å²) in [6.07, 6.45) is 2.42. The van der Waals surface area contributed by atoms with Crippen molar-refractivity contribution in [3.63, 3.8) is 0 Å². The fraction of sp³-hybridized carbons (Fsp3) is 0.538. The quantitative estimate of drug-likeness (QED) is 0.661. The molecule has 0 N–H and O–H groups in total. The summed E-state index contributed by atoms with van der Waals surface area (Å²) in [5.74, 6) is 0. The molecule has 1 nitrogen and oxygen atoms in total. The van der Waals surface area contributed by atoms with Crippen molar-refractivity contribution < 1.29 is 21.5 Å². The van der Waals surface area contributed by atoms with Crippen LogP contribution in [0.4, 0.5) is 0 Å². The van der Waals surface area contributed by atoms with Gasteiger partial charge in [-0.25, -0.2) is 0 Å². The Morgan fingerprint density at radius 3 is 2.00 bits per heavy atom. The Labute approximate surface area is 104 Å². The van der Waals surface area contributed by atoms with Gasteiger partial charge in [-0.05, 0) is 12.0 Å². The van der Waals surface area contributed by atoms with E-state index >= 15 is 0 Å². The molecule has 1 aromatic carbocycles. The van der Waals surface area contributed by atoms with Gasteiger partial charge in [0.05, 0.1) is 27.2 Å². The molecule has 0 aliphatic carbocycles. The minimum Gasteiger partial charge on any atom is -1.00 e. The summed E-state index contributed by atoms with van der Waals surface area (Å²) in [4.78, 5) is 0. The predicted molar refractivity (Wildman–Crippen MR) is 62.3 cm³/mol. The maximum absolute atomic E-state index is 2.27. The lowest BCUT2D eigenvalue weighted by molar-refractivity contribution is -0.896. The first-order valence-electron chi connectivity index (χ1n) is 5.39. The Balaban J connectivity index is 0.00000196. The van der Waals surface area contributed by atoms with Crippen molar-refractivity contribution in [1.82, 2.24) is 0 Å². The second-order valence-corrected chi connectivity index (χ2v) is 4.87. The lowest BCUT2D eigenvalue weighted by atomic mass is 10.0. The number of hydrogen-bond acceptors (Lipinski definition) is 0. The van der Waals surface area contributed by atoms with Crippen LogP contribution in [-0.4, -0.2) is 31.7 Å². The SMILES string of the molecule is CCC(Cc1ccccc1)[N+](C)(C)C.[Br-]. The van der Waals surface area contributed by atoms with Gasteiger partial charge in [0.1, 0.15) is 0 Å². The Morgan fingerprint density at radius 1 is 1.07 bits per heavy atom. The molecule has 0 aromatic heterocycles. The first-order valence-corrected chi connectivity index (χ1v) is 5.39. The zero-order valence-electron chi connectivity index (χ0n) is 10.2. The molecular weight excluding hydrogens is 250 g/mol. The lowest BCUT2D eigenvalue weighted by Gasteiger charge is -2.33. The summed E-state index contributed by atoms with van der Waals surface area (Å²) in [6.45, 7) is 2.27. The van der Waals surface area contributed by atoms with Crippen LogP contribution < -0.4 is 17.0 Å². The van der Waals surface area contributed by atoms with Gasteiger partial charge >= 0.3 is 0 Å². The fourth-order valence-corrected chi connectivity index (χ4v) is 1.85. The Morgan fingerprint density at radius 2 is 1.60 bits per heavy atom. The summed E-state index contributed by atoms with van der Waals surface area (Å²) < 4.78 is 1.05. The van der Waals surface area contributed by atoms with Crippen molar-refractivity contribution in [2.45, 2.75) is 25.8 Å². The summed E-state index contributed by atoms with van der Waals surface area (Å²) in [7, 11) is 6.82. The third-order valence-corrected chi connectivity index (χ3v) is 2.88. The highest BCUT2D eigenvalue weighted by Crippen LogP contribution is 2.13. The average molecular weight is 272 g/mol. The van der Waals surface area contributed by atoms with E-state index in [1.165, 1.54) is 18.4 Å². The molecule has 1 aromatic rings. The van der Waals surface area contributed by atoms with Crippen LogP contribution in [0.25, 0.3) is 0 Å². The van der Waals surface area contributed by atoms with E-state index < -0.39 is 0 Å². The van der Waals surface area contributed by atoms with E-state index in [9.17, 15) is 0 Å². The fourth-order valence-electron chi connectivity index (χ4n) is 1.85. The summed E-state index contributed by atoms with van der Waals surface area (Å²) >= 11 is 0. The number of likely N-dealkylation sites (N-methyl/N-ethyl adjacent to an activating group) is 1. The largest absolute Gasteiger partial charge is 1.00 e. The average Bonchev–Trinajstić information content (AvgIpc) is 2.14. The number of nitrogens with zero attached hydrogens (tertiary/aromatic N) is 1. The first-order chi connectivity index (χ1) is 6.54. The predicted octanol–water partition coefficient (Wildman–Crippen LogP) is -0.282. The van der Waals surface area contributed by atoms with Crippen molar-refractivity contribution in [2.24, 2.45) is 0 Å². The van der Waals surface area contributed by atoms with Crippen LogP contribution in [0.1, 0.15) is 18.9 Å². The zero-order valence-corrected chi connectivity index (χ0v) is 11.8. The highest BCUT2D eigenvalue weighted by molar-refractivity contribution is 5.15. The van der Waals surface area contributed by atoms with Crippen molar-refractivity contribution >= 4 is 0 Å². The van der Waals surface area contributed by atoms with E-state index in [1.54, 1.807) is 0 Å². The van der Waals surface area contributed by atoms with Gasteiger partial charge in [0.15, 0.2) is 0 Å². The van der Waals surface area contributed by atoms with Gasteiger partial charge in [-0.15, -0.1) is 0 Å². The Kier molecular flexibility index (Phi) is 6.15. The highest BCUT2D eigenvalue weighted by atomic mass is 79.9. The van der Waals surface area contributed by atoms with Gasteiger partial charge in [0.25, 0.3) is 0 Å². The third-order valence-electron chi connectivity index (χ3n) is 2.88. The van der Waals surface area contributed by atoms with Gasteiger partial charge in [0, 0.05) is 6.42 Å². The second-order valence-electron chi connectivity index (χ2n) is 4.87. The van der Waals surface area contributed by atoms with E-state index in [2.05, 4.69) is 58.4 Å². The van der Waals surface area contributed by atoms with E-state index in [0.717, 1.165) is 10.5 Å². The minimum atomic E-state index is 0. The highest BCUT2D eigenvalue weighted by Gasteiger charge is 2.21. The second kappa shape index (κ2) is 6.29. The molecule has 86 valence electrons. The Bertz CT molecular complexity index is 264. The van der Waals surface area contributed by atoms with Gasteiger partial charge in [-0.1, -0.05) is 37.3 Å². The van der Waals surface area contributed by atoms with E-state index in [4.69, 9.17) is 0 Å². The molecule has 0 amide bonds. The maximum Gasteiger partial charge on any atom is 0.0922 e. The molecule has 0 saturated carbocycles. The van der Waals surface area contributed by atoms with Crippen LogP contribution in [0, 0.1) is 0 Å². The van der Waals surface area contributed by atoms with Crippen molar-refractivity contribution in [2.75, 3.05) is 21.1 Å². The normalized spacial score (nSPS) is 13.1. The van der Waals surface area contributed by atoms with Crippen molar-refractivity contribution in [3.8, 4) is 0 Å². The van der Waals surface area contributed by atoms with Crippen molar-refractivity contribution in [3.05, 3.63) is 35.9 Å². The number of halogens is 1. The van der Waals surface area contributed by atoms with Crippen molar-refractivity contribution in [1.29, 1.82) is 0 Å². The van der Waals surface area contributed by atoms with E-state index in [-0.39, 0.29) is 17.0 Å². The molecule has 0 fully saturated rings. The molecule has 1 rings (SSSR count). The molecule has 1 atom stereocenters. The first kappa shape index (κ1) is 14.7. The molecule has 0 spiro atoms. The topological polar surface area (TPSA) is 0 Å². The molecule has 15 heavy (non-hydrogen) atoms. The van der Waals surface area contributed by atoms with E-state index in [1.807, 2.05) is 0 Å². The molecular formula is C13H22BrN. The zero-order chi connectivity index (χ0) is 10.6. The summed E-state index contributed by atoms with van der Waals surface area (Å²) in [5, 5.41) is 0. The van der Waals surface area contributed by atoms with Gasteiger partial charge in [-0.2, -0.15) is 0 Å². The molecule has 0 heterocycles. The van der Waals surface area contributed by atoms with Crippen LogP contribution in [0.2, 0.25) is 0 Å². The third kappa shape index (κ3) is 4.80. The minimum absolute atomic E-state index is 0. The molecule has 0 bridgehead atoms. The standard InChI is InChI=1S/C13H22N.BrH/c1-5-13(14(2,3)4)11-12-9-7-6-8-10-12;/h6-10,13H,5,11H2,1-4H3;1H/q+1;/p-1. The Hall–Kier alpha value is -0.340. The molecule has 0 aliphatic rings. The summed E-state index contributed by atoms with van der Waals surface area (Å²) in [5.41, 5.74) is 1.45. The van der Waals surface area contributed by atoms with Gasteiger partial charge < -0.3 is 21.5 Å². The van der Waals surface area contributed by atoms with Gasteiger partial charge in [-0.3, -0.25) is 0 Å². The number of quaternary nitrogens is 1. The number of benzene rings is 1.